The quantitative estimate of drug-likeness (QED) is 0.795. The molecule has 0 aliphatic rings. The zero-order valence-electron chi connectivity index (χ0n) is 13.8. The molecule has 1 heterocycles. The number of aromatic nitrogens is 2. The summed E-state index contributed by atoms with van der Waals surface area (Å²) in [6, 6.07) is 10.2. The molecule has 1 N–H and O–H groups in total. The van der Waals surface area contributed by atoms with Crippen molar-refractivity contribution in [1.82, 2.24) is 9.55 Å². The highest BCUT2D eigenvalue weighted by Crippen LogP contribution is 2.28. The van der Waals surface area contributed by atoms with Crippen molar-refractivity contribution in [3.63, 3.8) is 0 Å². The second-order valence-electron chi connectivity index (χ2n) is 6.14. The highest BCUT2D eigenvalue weighted by molar-refractivity contribution is 5.84. The summed E-state index contributed by atoms with van der Waals surface area (Å²) in [6.45, 7) is 8.09. The minimum absolute atomic E-state index is 0.0960. The molecule has 0 amide bonds. The average molecular weight is 308 g/mol. The minimum Gasteiger partial charge on any atom is -0.480 e. The van der Waals surface area contributed by atoms with Crippen LogP contribution < -0.4 is 0 Å². The number of aliphatic carboxylic acids is 1. The van der Waals surface area contributed by atoms with Gasteiger partial charge in [-0.05, 0) is 68.1 Å². The van der Waals surface area contributed by atoms with Gasteiger partial charge < -0.3 is 9.67 Å². The first kappa shape index (κ1) is 15.3. The van der Waals surface area contributed by atoms with Crippen LogP contribution in [0.25, 0.3) is 22.4 Å². The number of rotatable bonds is 3. The van der Waals surface area contributed by atoms with Crippen LogP contribution in [0, 0.1) is 27.7 Å². The van der Waals surface area contributed by atoms with E-state index in [0.717, 1.165) is 27.7 Å². The number of fused-ring (bicyclic) bond motifs is 1. The van der Waals surface area contributed by atoms with Crippen molar-refractivity contribution in [3.05, 3.63) is 52.6 Å². The standard InChI is InChI=1S/C19H20N2O2/c1-11-5-6-15(7-12(11)2)19-20-16-8-13(3)14(4)9-17(16)21(19)10-18(22)23/h5-9H,10H2,1-4H3,(H,22,23). The van der Waals surface area contributed by atoms with Gasteiger partial charge in [0.15, 0.2) is 0 Å². The number of hydrogen-bond donors (Lipinski definition) is 1. The van der Waals surface area contributed by atoms with Crippen LogP contribution in [0.15, 0.2) is 30.3 Å². The Hall–Kier alpha value is -2.62. The fourth-order valence-corrected chi connectivity index (χ4v) is 2.78. The van der Waals surface area contributed by atoms with Crippen molar-refractivity contribution in [3.8, 4) is 11.4 Å². The summed E-state index contributed by atoms with van der Waals surface area (Å²) in [6.07, 6.45) is 0. The number of nitrogens with zero attached hydrogens (tertiary/aromatic N) is 2. The molecule has 0 bridgehead atoms. The molecule has 0 aliphatic heterocycles. The Kier molecular flexibility index (Phi) is 3.68. The van der Waals surface area contributed by atoms with Gasteiger partial charge in [-0.2, -0.15) is 0 Å². The van der Waals surface area contributed by atoms with Crippen molar-refractivity contribution >= 4 is 17.0 Å². The SMILES string of the molecule is Cc1ccc(-c2nc3cc(C)c(C)cc3n2CC(=O)O)cc1C. The summed E-state index contributed by atoms with van der Waals surface area (Å²) < 4.78 is 1.79. The largest absolute Gasteiger partial charge is 0.480 e. The third-order valence-electron chi connectivity index (χ3n) is 4.42. The molecule has 4 heteroatoms. The summed E-state index contributed by atoms with van der Waals surface area (Å²) >= 11 is 0. The molecule has 0 fully saturated rings. The highest BCUT2D eigenvalue weighted by Gasteiger charge is 2.16. The molecule has 0 aliphatic carbocycles. The summed E-state index contributed by atoms with van der Waals surface area (Å²) in [4.78, 5) is 16.0. The lowest BCUT2D eigenvalue weighted by Gasteiger charge is -2.09. The number of aryl methyl sites for hydroxylation is 4. The Bertz CT molecular complexity index is 923. The van der Waals surface area contributed by atoms with Crippen LogP contribution in [0.2, 0.25) is 0 Å². The predicted molar refractivity (Wildman–Crippen MR) is 91.8 cm³/mol. The first-order valence-electron chi connectivity index (χ1n) is 7.63. The van der Waals surface area contributed by atoms with E-state index in [9.17, 15) is 9.90 Å². The molecule has 0 radical (unpaired) electrons. The van der Waals surface area contributed by atoms with Crippen molar-refractivity contribution < 1.29 is 9.90 Å². The summed E-state index contributed by atoms with van der Waals surface area (Å²) in [5, 5.41) is 9.29. The van der Waals surface area contributed by atoms with Crippen molar-refractivity contribution in [2.24, 2.45) is 0 Å². The fourth-order valence-electron chi connectivity index (χ4n) is 2.78. The predicted octanol–water partition coefficient (Wildman–Crippen LogP) is 4.02. The fraction of sp³-hybridized carbons (Fsp3) is 0.263. The van der Waals surface area contributed by atoms with Gasteiger partial charge in [-0.15, -0.1) is 0 Å². The topological polar surface area (TPSA) is 55.1 Å². The van der Waals surface area contributed by atoms with Crippen molar-refractivity contribution in [2.45, 2.75) is 34.2 Å². The van der Waals surface area contributed by atoms with Gasteiger partial charge in [0.25, 0.3) is 0 Å². The second kappa shape index (κ2) is 5.54. The van der Waals surface area contributed by atoms with Gasteiger partial charge in [0.2, 0.25) is 0 Å². The van der Waals surface area contributed by atoms with Gasteiger partial charge in [-0.1, -0.05) is 12.1 Å². The smallest absolute Gasteiger partial charge is 0.323 e. The van der Waals surface area contributed by atoms with E-state index in [0.29, 0.717) is 5.82 Å². The molecule has 0 saturated heterocycles. The van der Waals surface area contributed by atoms with Gasteiger partial charge in [-0.3, -0.25) is 4.79 Å². The lowest BCUT2D eigenvalue weighted by Crippen LogP contribution is -2.10. The van der Waals surface area contributed by atoms with Crippen LogP contribution in [-0.2, 0) is 11.3 Å². The molecule has 2 aromatic carbocycles. The maximum absolute atomic E-state index is 11.3. The number of hydrogen-bond acceptors (Lipinski definition) is 2. The van der Waals surface area contributed by atoms with E-state index in [1.54, 1.807) is 4.57 Å². The lowest BCUT2D eigenvalue weighted by molar-refractivity contribution is -0.137. The molecule has 118 valence electrons. The molecule has 3 aromatic rings. The van der Waals surface area contributed by atoms with E-state index >= 15 is 0 Å². The van der Waals surface area contributed by atoms with E-state index in [1.165, 1.54) is 11.1 Å². The first-order chi connectivity index (χ1) is 10.9. The highest BCUT2D eigenvalue weighted by atomic mass is 16.4. The Morgan fingerprint density at radius 1 is 1.00 bits per heavy atom. The summed E-state index contributed by atoms with van der Waals surface area (Å²) in [5.74, 6) is -0.164. The first-order valence-corrected chi connectivity index (χ1v) is 7.63. The zero-order valence-corrected chi connectivity index (χ0v) is 13.8. The molecular weight excluding hydrogens is 288 g/mol. The van der Waals surface area contributed by atoms with Gasteiger partial charge in [0.05, 0.1) is 11.0 Å². The summed E-state index contributed by atoms with van der Waals surface area (Å²) in [7, 11) is 0. The van der Waals surface area contributed by atoms with Crippen LogP contribution in [0.5, 0.6) is 0 Å². The van der Waals surface area contributed by atoms with Crippen LogP contribution >= 0.6 is 0 Å². The Balaban J connectivity index is 2.29. The molecule has 0 spiro atoms. The number of imidazole rings is 1. The van der Waals surface area contributed by atoms with Gasteiger partial charge in [0.1, 0.15) is 12.4 Å². The third-order valence-corrected chi connectivity index (χ3v) is 4.42. The zero-order chi connectivity index (χ0) is 16.7. The molecule has 4 nitrogen and oxygen atoms in total. The Morgan fingerprint density at radius 2 is 1.65 bits per heavy atom. The third kappa shape index (κ3) is 2.72. The second-order valence-corrected chi connectivity index (χ2v) is 6.14. The normalized spacial score (nSPS) is 11.1. The monoisotopic (exact) mass is 308 g/mol. The molecule has 3 rings (SSSR count). The molecule has 23 heavy (non-hydrogen) atoms. The molecular formula is C19H20N2O2. The molecule has 0 atom stereocenters. The van der Waals surface area contributed by atoms with E-state index in [1.807, 2.05) is 38.1 Å². The molecule has 1 aromatic heterocycles. The number of carboxylic acid groups (broad SMARTS) is 1. The maximum Gasteiger partial charge on any atom is 0.323 e. The van der Waals surface area contributed by atoms with E-state index in [-0.39, 0.29) is 6.54 Å². The lowest BCUT2D eigenvalue weighted by atomic mass is 10.1. The van der Waals surface area contributed by atoms with Crippen LogP contribution in [0.4, 0.5) is 0 Å². The van der Waals surface area contributed by atoms with Gasteiger partial charge >= 0.3 is 5.97 Å². The van der Waals surface area contributed by atoms with Gasteiger partial charge in [0, 0.05) is 5.56 Å². The number of carbonyl (C=O) groups is 1. The van der Waals surface area contributed by atoms with E-state index < -0.39 is 5.97 Å². The maximum atomic E-state index is 11.3. The van der Waals surface area contributed by atoms with Crippen molar-refractivity contribution in [2.75, 3.05) is 0 Å². The van der Waals surface area contributed by atoms with E-state index in [4.69, 9.17) is 4.98 Å². The van der Waals surface area contributed by atoms with Crippen LogP contribution in [-0.4, -0.2) is 20.6 Å². The van der Waals surface area contributed by atoms with Crippen LogP contribution in [0.1, 0.15) is 22.3 Å². The van der Waals surface area contributed by atoms with Gasteiger partial charge in [-0.25, -0.2) is 4.98 Å². The Labute approximate surface area is 135 Å². The molecule has 0 unspecified atom stereocenters. The summed E-state index contributed by atoms with van der Waals surface area (Å²) in [5.41, 5.74) is 7.32. The van der Waals surface area contributed by atoms with Crippen LogP contribution in [0.3, 0.4) is 0 Å². The van der Waals surface area contributed by atoms with E-state index in [2.05, 4.69) is 19.9 Å². The number of carboxylic acids is 1. The minimum atomic E-state index is -0.868. The number of benzene rings is 2. The average Bonchev–Trinajstić information content (AvgIpc) is 2.80. The molecule has 0 saturated carbocycles. The Morgan fingerprint density at radius 3 is 2.30 bits per heavy atom. The van der Waals surface area contributed by atoms with Crippen molar-refractivity contribution in [1.29, 1.82) is 0 Å².